The number of hydrogen-bond acceptors (Lipinski definition) is 2. The lowest BCUT2D eigenvalue weighted by Crippen LogP contribution is -2.51. The number of carbonyl (C=O) groups excluding carboxylic acids is 1. The molecule has 0 saturated heterocycles. The number of fused-ring (bicyclic) bond motifs is 5. The lowest BCUT2D eigenvalue weighted by molar-refractivity contribution is -0.168. The average Bonchev–Trinajstić information content (AvgIpc) is 3.14. The molecule has 4 fully saturated rings. The molecule has 2 nitrogen and oxygen atoms in total. The highest BCUT2D eigenvalue weighted by molar-refractivity contribution is 5.77. The maximum absolute atomic E-state index is 12.8. The first-order chi connectivity index (χ1) is 16.6. The van der Waals surface area contributed by atoms with Gasteiger partial charge in [-0.2, -0.15) is 0 Å². The van der Waals surface area contributed by atoms with E-state index in [1.54, 1.807) is 5.57 Å². The van der Waals surface area contributed by atoms with Crippen LogP contribution in [0, 0.1) is 51.8 Å². The summed E-state index contributed by atoms with van der Waals surface area (Å²) < 4.78 is 6.12. The molecule has 4 saturated carbocycles. The van der Waals surface area contributed by atoms with E-state index >= 15 is 0 Å². The van der Waals surface area contributed by atoms with Crippen LogP contribution in [-0.4, -0.2) is 12.1 Å². The van der Waals surface area contributed by atoms with Crippen LogP contribution >= 0.6 is 0 Å². The summed E-state index contributed by atoms with van der Waals surface area (Å²) >= 11 is 0. The van der Waals surface area contributed by atoms with E-state index in [9.17, 15) is 4.79 Å². The van der Waals surface area contributed by atoms with Gasteiger partial charge in [0, 0.05) is 6.42 Å². The topological polar surface area (TPSA) is 26.3 Å². The summed E-state index contributed by atoms with van der Waals surface area (Å²) in [5.41, 5.74) is 2.35. The summed E-state index contributed by atoms with van der Waals surface area (Å²) in [7, 11) is 0. The van der Waals surface area contributed by atoms with Gasteiger partial charge in [-0.05, 0) is 111 Å². The van der Waals surface area contributed by atoms with E-state index in [1.807, 2.05) is 0 Å². The summed E-state index contributed by atoms with van der Waals surface area (Å²) in [5.74, 6) is 5.38. The fourth-order valence-corrected chi connectivity index (χ4v) is 9.96. The minimum Gasteiger partial charge on any atom is -0.462 e. The molecular formula is C33H54O2. The minimum absolute atomic E-state index is 0.0829. The highest BCUT2D eigenvalue weighted by atomic mass is 16.5. The molecule has 0 spiro atoms. The SMILES string of the molecule is CC(C)CCCC(C)C1CCC2C3CC=C4CC(OC(=O)C5(C)CCC5)CCC4(C)C3CCC12C. The molecule has 0 aliphatic heterocycles. The van der Waals surface area contributed by atoms with Gasteiger partial charge in [-0.15, -0.1) is 0 Å². The summed E-state index contributed by atoms with van der Waals surface area (Å²) in [4.78, 5) is 12.8. The third-order valence-corrected chi connectivity index (χ3v) is 12.5. The fraction of sp³-hybridized carbons (Fsp3) is 0.909. The molecule has 0 heterocycles. The normalized spacial score (nSPS) is 42.8. The van der Waals surface area contributed by atoms with Crippen molar-refractivity contribution in [3.63, 3.8) is 0 Å². The van der Waals surface area contributed by atoms with Gasteiger partial charge in [-0.1, -0.05) is 72.0 Å². The third-order valence-electron chi connectivity index (χ3n) is 12.5. The van der Waals surface area contributed by atoms with E-state index in [4.69, 9.17) is 4.74 Å². The van der Waals surface area contributed by atoms with Crippen molar-refractivity contribution in [2.75, 3.05) is 0 Å². The van der Waals surface area contributed by atoms with Gasteiger partial charge < -0.3 is 4.74 Å². The van der Waals surface area contributed by atoms with Crippen molar-refractivity contribution in [2.45, 2.75) is 138 Å². The van der Waals surface area contributed by atoms with Crippen LogP contribution in [0.25, 0.3) is 0 Å². The Kier molecular flexibility index (Phi) is 7.02. The summed E-state index contributed by atoms with van der Waals surface area (Å²) in [6, 6.07) is 0. The fourth-order valence-electron chi connectivity index (χ4n) is 9.96. The van der Waals surface area contributed by atoms with E-state index in [0.29, 0.717) is 10.8 Å². The Morgan fingerprint density at radius 3 is 2.43 bits per heavy atom. The van der Waals surface area contributed by atoms with E-state index in [2.05, 4.69) is 47.6 Å². The number of allylic oxidation sites excluding steroid dienone is 1. The van der Waals surface area contributed by atoms with Crippen LogP contribution in [0.1, 0.15) is 131 Å². The Bertz CT molecular complexity index is 821. The van der Waals surface area contributed by atoms with Crippen LogP contribution in [0.3, 0.4) is 0 Å². The number of esters is 1. The van der Waals surface area contributed by atoms with Crippen molar-refractivity contribution >= 4 is 5.97 Å². The van der Waals surface area contributed by atoms with Crippen LogP contribution in [0.5, 0.6) is 0 Å². The molecule has 8 atom stereocenters. The molecule has 5 rings (SSSR count). The maximum atomic E-state index is 12.8. The molecule has 0 bridgehead atoms. The van der Waals surface area contributed by atoms with Crippen molar-refractivity contribution in [1.82, 2.24) is 0 Å². The quantitative estimate of drug-likeness (QED) is 0.267. The Morgan fingerprint density at radius 2 is 1.74 bits per heavy atom. The molecule has 0 amide bonds. The van der Waals surface area contributed by atoms with Crippen molar-refractivity contribution in [2.24, 2.45) is 51.8 Å². The second kappa shape index (κ2) is 9.50. The molecule has 0 radical (unpaired) electrons. The first-order valence-corrected chi connectivity index (χ1v) is 15.5. The predicted molar refractivity (Wildman–Crippen MR) is 145 cm³/mol. The largest absolute Gasteiger partial charge is 0.462 e. The Balaban J connectivity index is 1.25. The zero-order valence-corrected chi connectivity index (χ0v) is 23.8. The van der Waals surface area contributed by atoms with Crippen LogP contribution in [0.15, 0.2) is 11.6 Å². The van der Waals surface area contributed by atoms with Gasteiger partial charge in [0.15, 0.2) is 0 Å². The van der Waals surface area contributed by atoms with Crippen molar-refractivity contribution in [1.29, 1.82) is 0 Å². The molecule has 0 aromatic rings. The first kappa shape index (κ1) is 25.8. The molecule has 5 aliphatic carbocycles. The molecular weight excluding hydrogens is 428 g/mol. The van der Waals surface area contributed by atoms with Gasteiger partial charge in [0.1, 0.15) is 6.10 Å². The molecule has 0 aromatic heterocycles. The number of ether oxygens (including phenoxy) is 1. The summed E-state index contributed by atoms with van der Waals surface area (Å²) in [5, 5.41) is 0. The second-order valence-corrected chi connectivity index (χ2v) is 15.0. The molecule has 198 valence electrons. The predicted octanol–water partition coefficient (Wildman–Crippen LogP) is 9.13. The monoisotopic (exact) mass is 482 g/mol. The third kappa shape index (κ3) is 4.46. The lowest BCUT2D eigenvalue weighted by atomic mass is 9.47. The van der Waals surface area contributed by atoms with E-state index in [1.165, 1.54) is 64.2 Å². The van der Waals surface area contributed by atoms with Crippen LogP contribution in [-0.2, 0) is 9.53 Å². The number of carbonyl (C=O) groups is 1. The van der Waals surface area contributed by atoms with Gasteiger partial charge in [-0.25, -0.2) is 0 Å². The van der Waals surface area contributed by atoms with Crippen molar-refractivity contribution < 1.29 is 9.53 Å². The molecule has 8 unspecified atom stereocenters. The van der Waals surface area contributed by atoms with Crippen LogP contribution in [0.4, 0.5) is 0 Å². The molecule has 0 N–H and O–H groups in total. The average molecular weight is 483 g/mol. The Hall–Kier alpha value is -0.790. The van der Waals surface area contributed by atoms with Crippen LogP contribution in [0.2, 0.25) is 0 Å². The second-order valence-electron chi connectivity index (χ2n) is 15.0. The van der Waals surface area contributed by atoms with E-state index in [0.717, 1.165) is 61.2 Å². The van der Waals surface area contributed by atoms with Crippen LogP contribution < -0.4 is 0 Å². The zero-order chi connectivity index (χ0) is 25.0. The summed E-state index contributed by atoms with van der Waals surface area (Å²) in [6.45, 7) is 14.7. The van der Waals surface area contributed by atoms with E-state index in [-0.39, 0.29) is 17.5 Å². The summed E-state index contributed by atoms with van der Waals surface area (Å²) in [6.07, 6.45) is 20.6. The molecule has 2 heteroatoms. The highest BCUT2D eigenvalue weighted by Gasteiger charge is 2.59. The van der Waals surface area contributed by atoms with Gasteiger partial charge in [0.25, 0.3) is 0 Å². The van der Waals surface area contributed by atoms with Gasteiger partial charge in [0.05, 0.1) is 5.41 Å². The lowest BCUT2D eigenvalue weighted by Gasteiger charge is -2.58. The Morgan fingerprint density at radius 1 is 0.971 bits per heavy atom. The highest BCUT2D eigenvalue weighted by Crippen LogP contribution is 2.67. The molecule has 0 aromatic carbocycles. The number of hydrogen-bond donors (Lipinski definition) is 0. The van der Waals surface area contributed by atoms with Gasteiger partial charge in [0.2, 0.25) is 0 Å². The van der Waals surface area contributed by atoms with Crippen molar-refractivity contribution in [3.05, 3.63) is 11.6 Å². The van der Waals surface area contributed by atoms with Crippen molar-refractivity contribution in [3.8, 4) is 0 Å². The first-order valence-electron chi connectivity index (χ1n) is 15.5. The molecule has 5 aliphatic rings. The minimum atomic E-state index is -0.189. The van der Waals surface area contributed by atoms with Gasteiger partial charge >= 0.3 is 5.97 Å². The number of rotatable bonds is 7. The van der Waals surface area contributed by atoms with Gasteiger partial charge in [-0.3, -0.25) is 4.79 Å². The maximum Gasteiger partial charge on any atom is 0.312 e. The smallest absolute Gasteiger partial charge is 0.312 e. The zero-order valence-electron chi connectivity index (χ0n) is 23.8. The molecule has 35 heavy (non-hydrogen) atoms. The van der Waals surface area contributed by atoms with E-state index < -0.39 is 0 Å². The Labute approximate surface area is 216 Å². The standard InChI is InChI=1S/C33H54O2/c1-22(2)9-7-10-23(3)27-13-14-28-26-12-11-24-21-25(35-30(34)31(4)17-8-18-31)15-19-32(24,5)29(26)16-20-33(27,28)6/h11,22-23,25-29H,7-10,12-21H2,1-6H3.